The van der Waals surface area contributed by atoms with Gasteiger partial charge in [0.1, 0.15) is 0 Å². The molecule has 0 fully saturated rings. The molecule has 0 heterocycles. The highest BCUT2D eigenvalue weighted by Gasteiger charge is 2.16. The van der Waals surface area contributed by atoms with Gasteiger partial charge in [-0.15, -0.1) is 0 Å². The summed E-state index contributed by atoms with van der Waals surface area (Å²) < 4.78 is 27.9. The van der Waals surface area contributed by atoms with Gasteiger partial charge in [0.25, 0.3) is 0 Å². The Morgan fingerprint density at radius 1 is 1.09 bits per heavy atom. The first-order valence-corrected chi connectivity index (χ1v) is 9.48. The average Bonchev–Trinajstić information content (AvgIpc) is 2.41. The number of carbonyl (C=O) groups excluding carboxylic acids is 1. The van der Waals surface area contributed by atoms with Crippen molar-refractivity contribution >= 4 is 50.6 Å². The van der Waals surface area contributed by atoms with E-state index in [1.807, 2.05) is 0 Å². The highest BCUT2D eigenvalue weighted by Crippen LogP contribution is 2.36. The molecule has 8 heteroatoms. The Hall–Kier alpha value is -1.27. The number of ether oxygens (including phenoxy) is 1. The molecular weight excluding hydrogens is 383 g/mol. The second kappa shape index (κ2) is 7.09. The van der Waals surface area contributed by atoms with E-state index in [0.717, 1.165) is 6.26 Å². The van der Waals surface area contributed by atoms with Crippen molar-refractivity contribution in [3.05, 3.63) is 62.6 Å². The number of carbonyl (C=O) groups is 1. The van der Waals surface area contributed by atoms with E-state index in [1.165, 1.54) is 24.3 Å². The molecule has 122 valence electrons. The van der Waals surface area contributed by atoms with Gasteiger partial charge in [0.2, 0.25) is 0 Å². The number of hydrogen-bond acceptors (Lipinski definition) is 4. The predicted molar refractivity (Wildman–Crippen MR) is 91.4 cm³/mol. The molecule has 0 saturated heterocycles. The third kappa shape index (κ3) is 5.11. The zero-order valence-electron chi connectivity index (χ0n) is 11.8. The summed E-state index contributed by atoms with van der Waals surface area (Å²) in [5.41, 5.74) is 0.670. The second-order valence-corrected chi connectivity index (χ2v) is 8.25. The molecule has 0 aliphatic heterocycles. The van der Waals surface area contributed by atoms with Crippen LogP contribution in [0.15, 0.2) is 36.4 Å². The lowest BCUT2D eigenvalue weighted by Crippen LogP contribution is -2.10. The van der Waals surface area contributed by atoms with Crippen LogP contribution in [0.2, 0.25) is 15.1 Å². The molecule has 0 bridgehead atoms. The third-order valence-corrected chi connectivity index (χ3v) is 4.39. The van der Waals surface area contributed by atoms with Crippen LogP contribution in [-0.2, 0) is 15.6 Å². The maximum Gasteiger partial charge on any atom is 0.343 e. The van der Waals surface area contributed by atoms with Crippen LogP contribution in [0.4, 0.5) is 0 Å². The van der Waals surface area contributed by atoms with Crippen molar-refractivity contribution < 1.29 is 17.9 Å². The molecule has 0 aliphatic rings. The van der Waals surface area contributed by atoms with Gasteiger partial charge in [-0.3, -0.25) is 0 Å². The Labute approximate surface area is 148 Å². The van der Waals surface area contributed by atoms with Crippen LogP contribution < -0.4 is 4.74 Å². The summed E-state index contributed by atoms with van der Waals surface area (Å²) in [6.07, 6.45) is 1.12. The fourth-order valence-corrected chi connectivity index (χ4v) is 3.55. The minimum atomic E-state index is -3.21. The van der Waals surface area contributed by atoms with Crippen molar-refractivity contribution in [3.63, 3.8) is 0 Å². The molecule has 0 spiro atoms. The lowest BCUT2D eigenvalue weighted by molar-refractivity contribution is 0.0735. The van der Waals surface area contributed by atoms with E-state index in [4.69, 9.17) is 39.5 Å². The van der Waals surface area contributed by atoms with Gasteiger partial charge in [0.15, 0.2) is 15.6 Å². The van der Waals surface area contributed by atoms with E-state index in [-0.39, 0.29) is 27.1 Å². The van der Waals surface area contributed by atoms with Crippen LogP contribution in [0.5, 0.6) is 5.75 Å². The van der Waals surface area contributed by atoms with Gasteiger partial charge in [0, 0.05) is 11.3 Å². The molecule has 2 aromatic rings. The van der Waals surface area contributed by atoms with Crippen LogP contribution in [0, 0.1) is 0 Å². The Morgan fingerprint density at radius 3 is 2.26 bits per heavy atom. The maximum absolute atomic E-state index is 12.2. The fourth-order valence-electron chi connectivity index (χ4n) is 1.87. The van der Waals surface area contributed by atoms with Crippen LogP contribution in [0.25, 0.3) is 0 Å². The van der Waals surface area contributed by atoms with Crippen LogP contribution in [-0.4, -0.2) is 20.6 Å². The highest BCUT2D eigenvalue weighted by atomic mass is 35.5. The molecule has 0 amide bonds. The van der Waals surface area contributed by atoms with Gasteiger partial charge in [-0.2, -0.15) is 0 Å². The van der Waals surface area contributed by atoms with Gasteiger partial charge in [-0.1, -0.05) is 46.9 Å². The monoisotopic (exact) mass is 392 g/mol. The summed E-state index contributed by atoms with van der Waals surface area (Å²) in [6, 6.07) is 8.94. The number of rotatable bonds is 4. The molecule has 0 aliphatic carbocycles. The zero-order valence-corrected chi connectivity index (χ0v) is 14.9. The Kier molecular flexibility index (Phi) is 5.57. The minimum absolute atomic E-state index is 0.00347. The third-order valence-electron chi connectivity index (χ3n) is 2.75. The van der Waals surface area contributed by atoms with Crippen LogP contribution >= 0.6 is 34.8 Å². The normalized spacial score (nSPS) is 11.3. The number of halogens is 3. The van der Waals surface area contributed by atoms with Gasteiger partial charge >= 0.3 is 5.97 Å². The van der Waals surface area contributed by atoms with E-state index in [2.05, 4.69) is 0 Å². The van der Waals surface area contributed by atoms with Crippen molar-refractivity contribution in [2.75, 3.05) is 6.26 Å². The first-order valence-electron chi connectivity index (χ1n) is 6.29. The molecule has 0 aromatic heterocycles. The molecule has 2 aromatic carbocycles. The molecule has 0 atom stereocenters. The molecule has 0 unspecified atom stereocenters. The quantitative estimate of drug-likeness (QED) is 0.570. The molecule has 2 rings (SSSR count). The Balaban J connectivity index is 2.27. The van der Waals surface area contributed by atoms with Crippen molar-refractivity contribution in [3.8, 4) is 5.75 Å². The molecular formula is C15H11Cl3O4S. The predicted octanol–water partition coefficient (Wildman–Crippen LogP) is 4.41. The van der Waals surface area contributed by atoms with Gasteiger partial charge in [-0.25, -0.2) is 13.2 Å². The smallest absolute Gasteiger partial charge is 0.343 e. The number of sulfone groups is 1. The van der Waals surface area contributed by atoms with E-state index in [1.54, 1.807) is 12.1 Å². The summed E-state index contributed by atoms with van der Waals surface area (Å²) in [6.45, 7) is 0. The first-order chi connectivity index (χ1) is 10.7. The van der Waals surface area contributed by atoms with Gasteiger partial charge < -0.3 is 4.74 Å². The lowest BCUT2D eigenvalue weighted by atomic mass is 10.1. The van der Waals surface area contributed by atoms with Gasteiger partial charge in [-0.05, 0) is 29.8 Å². The van der Waals surface area contributed by atoms with Crippen molar-refractivity contribution in [1.29, 1.82) is 0 Å². The standard InChI is InChI=1S/C15H11Cl3O4S/c1-23(20,21)8-9-3-2-4-10(5-9)15(19)22-14-12(17)6-11(16)7-13(14)18/h2-7H,8H2,1H3. The fraction of sp³-hybridized carbons (Fsp3) is 0.133. The van der Waals surface area contributed by atoms with Gasteiger partial charge in [0.05, 0.1) is 21.4 Å². The highest BCUT2D eigenvalue weighted by molar-refractivity contribution is 7.89. The lowest BCUT2D eigenvalue weighted by Gasteiger charge is -2.09. The molecule has 4 nitrogen and oxygen atoms in total. The van der Waals surface area contributed by atoms with Crippen molar-refractivity contribution in [2.24, 2.45) is 0 Å². The first kappa shape index (κ1) is 18.1. The minimum Gasteiger partial charge on any atom is -0.420 e. The van der Waals surface area contributed by atoms with E-state index in [9.17, 15) is 13.2 Å². The summed E-state index contributed by atoms with van der Waals surface area (Å²) in [5.74, 6) is -0.876. The summed E-state index contributed by atoms with van der Waals surface area (Å²) in [7, 11) is -3.21. The molecule has 0 N–H and O–H groups in total. The van der Waals surface area contributed by atoms with Crippen LogP contribution in [0.1, 0.15) is 15.9 Å². The average molecular weight is 394 g/mol. The Morgan fingerprint density at radius 2 is 1.70 bits per heavy atom. The summed E-state index contributed by atoms with van der Waals surface area (Å²) in [4.78, 5) is 12.2. The molecule has 23 heavy (non-hydrogen) atoms. The van der Waals surface area contributed by atoms with Crippen molar-refractivity contribution in [1.82, 2.24) is 0 Å². The van der Waals surface area contributed by atoms with E-state index in [0.29, 0.717) is 10.6 Å². The van der Waals surface area contributed by atoms with E-state index >= 15 is 0 Å². The molecule has 0 saturated carbocycles. The topological polar surface area (TPSA) is 60.4 Å². The largest absolute Gasteiger partial charge is 0.420 e. The SMILES string of the molecule is CS(=O)(=O)Cc1cccc(C(=O)Oc2c(Cl)cc(Cl)cc2Cl)c1. The Bertz CT molecular complexity index is 840. The zero-order chi connectivity index (χ0) is 17.2. The van der Waals surface area contributed by atoms with E-state index < -0.39 is 15.8 Å². The number of benzene rings is 2. The van der Waals surface area contributed by atoms with Crippen LogP contribution in [0.3, 0.4) is 0 Å². The second-order valence-electron chi connectivity index (χ2n) is 4.86. The summed E-state index contributed by atoms with van der Waals surface area (Å²) in [5, 5.41) is 0.515. The summed E-state index contributed by atoms with van der Waals surface area (Å²) >= 11 is 17.7. The maximum atomic E-state index is 12.2. The number of esters is 1. The van der Waals surface area contributed by atoms with Crippen molar-refractivity contribution in [2.45, 2.75) is 5.75 Å². The number of hydrogen-bond donors (Lipinski definition) is 0. The molecule has 0 radical (unpaired) electrons.